The van der Waals surface area contributed by atoms with Crippen molar-refractivity contribution in [1.29, 1.82) is 0 Å². The maximum atomic E-state index is 11.6. The van der Waals surface area contributed by atoms with Gasteiger partial charge in [0.05, 0.1) is 7.11 Å². The van der Waals surface area contributed by atoms with Crippen LogP contribution in [0, 0.1) is 13.8 Å². The van der Waals surface area contributed by atoms with Crippen molar-refractivity contribution >= 4 is 10.2 Å². The molecule has 0 heterocycles. The van der Waals surface area contributed by atoms with Crippen LogP contribution in [-0.2, 0) is 16.8 Å². The number of rotatable bonds is 5. The number of hydrogen-bond donors (Lipinski definition) is 1. The summed E-state index contributed by atoms with van der Waals surface area (Å²) in [5, 5.41) is 0. The van der Waals surface area contributed by atoms with Gasteiger partial charge in [0, 0.05) is 26.2 Å². The van der Waals surface area contributed by atoms with Crippen molar-refractivity contribution in [3.8, 4) is 5.75 Å². The molecule has 0 atom stereocenters. The molecule has 0 aliphatic carbocycles. The van der Waals surface area contributed by atoms with E-state index in [-0.39, 0.29) is 6.54 Å². The summed E-state index contributed by atoms with van der Waals surface area (Å²) in [5.74, 6) is 0.694. The Morgan fingerprint density at radius 1 is 1.22 bits per heavy atom. The highest BCUT2D eigenvalue weighted by Crippen LogP contribution is 2.23. The van der Waals surface area contributed by atoms with Gasteiger partial charge in [-0.15, -0.1) is 0 Å². The Kier molecular flexibility index (Phi) is 4.72. The number of ether oxygens (including phenoxy) is 1. The van der Waals surface area contributed by atoms with Crippen molar-refractivity contribution in [1.82, 2.24) is 9.03 Å². The molecule has 0 fully saturated rings. The summed E-state index contributed by atoms with van der Waals surface area (Å²) in [6.07, 6.45) is 0. The number of hydrogen-bond acceptors (Lipinski definition) is 3. The van der Waals surface area contributed by atoms with E-state index in [0.717, 1.165) is 21.0 Å². The molecule has 0 saturated heterocycles. The Balaban J connectivity index is 2.95. The molecule has 1 rings (SSSR count). The topological polar surface area (TPSA) is 58.6 Å². The van der Waals surface area contributed by atoms with E-state index in [1.165, 1.54) is 14.1 Å². The Bertz CT molecular complexity index is 524. The molecule has 0 bridgehead atoms. The van der Waals surface area contributed by atoms with Gasteiger partial charge < -0.3 is 4.74 Å². The first-order valence-corrected chi connectivity index (χ1v) is 7.03. The largest absolute Gasteiger partial charge is 0.496 e. The minimum Gasteiger partial charge on any atom is -0.496 e. The third-order valence-electron chi connectivity index (χ3n) is 2.82. The van der Waals surface area contributed by atoms with E-state index in [4.69, 9.17) is 4.74 Å². The number of nitrogens with zero attached hydrogens (tertiary/aromatic N) is 1. The fourth-order valence-electron chi connectivity index (χ4n) is 1.48. The van der Waals surface area contributed by atoms with Crippen molar-refractivity contribution in [3.63, 3.8) is 0 Å². The van der Waals surface area contributed by atoms with Gasteiger partial charge in [0.1, 0.15) is 5.75 Å². The standard InChI is InChI=1S/C12H20N2O3S/c1-9-6-11(12(17-5)7-10(9)2)8-13-18(15,16)14(3)4/h6-7,13H,8H2,1-5H3. The summed E-state index contributed by atoms with van der Waals surface area (Å²) in [6.45, 7) is 4.19. The van der Waals surface area contributed by atoms with Gasteiger partial charge in [0.15, 0.2) is 0 Å². The molecule has 0 spiro atoms. The molecule has 6 heteroatoms. The second-order valence-electron chi connectivity index (χ2n) is 4.36. The van der Waals surface area contributed by atoms with Crippen molar-refractivity contribution in [2.75, 3.05) is 21.2 Å². The Morgan fingerprint density at radius 3 is 2.28 bits per heavy atom. The molecule has 1 aromatic rings. The van der Waals surface area contributed by atoms with Gasteiger partial charge >= 0.3 is 0 Å². The van der Waals surface area contributed by atoms with Gasteiger partial charge in [-0.25, -0.2) is 0 Å². The van der Waals surface area contributed by atoms with Crippen LogP contribution in [0.1, 0.15) is 16.7 Å². The van der Waals surface area contributed by atoms with Gasteiger partial charge in [-0.2, -0.15) is 17.4 Å². The van der Waals surface area contributed by atoms with Crippen LogP contribution >= 0.6 is 0 Å². The lowest BCUT2D eigenvalue weighted by Gasteiger charge is -2.15. The summed E-state index contributed by atoms with van der Waals surface area (Å²) >= 11 is 0. The van der Waals surface area contributed by atoms with E-state index in [9.17, 15) is 8.42 Å². The van der Waals surface area contributed by atoms with Gasteiger partial charge in [0.2, 0.25) is 0 Å². The predicted molar refractivity (Wildman–Crippen MR) is 71.9 cm³/mol. The predicted octanol–water partition coefficient (Wildman–Crippen LogP) is 1.21. The van der Waals surface area contributed by atoms with Crippen LogP contribution in [0.4, 0.5) is 0 Å². The molecule has 5 nitrogen and oxygen atoms in total. The molecule has 0 unspecified atom stereocenters. The molecular formula is C12H20N2O3S. The molecule has 1 aromatic carbocycles. The first-order valence-electron chi connectivity index (χ1n) is 5.59. The quantitative estimate of drug-likeness (QED) is 0.876. The first-order chi connectivity index (χ1) is 8.27. The average Bonchev–Trinajstić information content (AvgIpc) is 2.30. The Hall–Kier alpha value is -1.11. The molecule has 102 valence electrons. The summed E-state index contributed by atoms with van der Waals surface area (Å²) in [6, 6.07) is 3.85. The van der Waals surface area contributed by atoms with Crippen LogP contribution in [-0.4, -0.2) is 33.9 Å². The van der Waals surface area contributed by atoms with E-state index < -0.39 is 10.2 Å². The third kappa shape index (κ3) is 3.44. The monoisotopic (exact) mass is 272 g/mol. The molecule has 0 aliphatic rings. The van der Waals surface area contributed by atoms with E-state index in [2.05, 4.69) is 4.72 Å². The highest BCUT2D eigenvalue weighted by atomic mass is 32.2. The summed E-state index contributed by atoms with van der Waals surface area (Å²) in [5.41, 5.74) is 3.05. The molecular weight excluding hydrogens is 252 g/mol. The second kappa shape index (κ2) is 5.69. The van der Waals surface area contributed by atoms with Gasteiger partial charge in [-0.05, 0) is 31.0 Å². The van der Waals surface area contributed by atoms with Crippen LogP contribution in [0.15, 0.2) is 12.1 Å². The van der Waals surface area contributed by atoms with Gasteiger partial charge in [0.25, 0.3) is 10.2 Å². The van der Waals surface area contributed by atoms with E-state index in [0.29, 0.717) is 5.75 Å². The fourth-order valence-corrected chi connectivity index (χ4v) is 2.07. The number of nitrogens with one attached hydrogen (secondary N) is 1. The zero-order valence-corrected chi connectivity index (χ0v) is 12.3. The second-order valence-corrected chi connectivity index (χ2v) is 6.33. The van der Waals surface area contributed by atoms with Crippen LogP contribution in [0.5, 0.6) is 5.75 Å². The summed E-state index contributed by atoms with van der Waals surface area (Å²) in [4.78, 5) is 0. The van der Waals surface area contributed by atoms with Gasteiger partial charge in [-0.1, -0.05) is 6.07 Å². The van der Waals surface area contributed by atoms with Crippen molar-refractivity contribution < 1.29 is 13.2 Å². The molecule has 0 aliphatic heterocycles. The highest BCUT2D eigenvalue weighted by molar-refractivity contribution is 7.87. The molecule has 18 heavy (non-hydrogen) atoms. The Morgan fingerprint density at radius 2 is 1.78 bits per heavy atom. The zero-order valence-electron chi connectivity index (χ0n) is 11.4. The lowest BCUT2D eigenvalue weighted by Crippen LogP contribution is -2.35. The summed E-state index contributed by atoms with van der Waals surface area (Å²) in [7, 11) is 1.13. The molecule has 1 N–H and O–H groups in total. The van der Waals surface area contributed by atoms with Crippen LogP contribution in [0.2, 0.25) is 0 Å². The first kappa shape index (κ1) is 14.9. The highest BCUT2D eigenvalue weighted by Gasteiger charge is 2.14. The molecule has 0 aromatic heterocycles. The Labute approximate surface area is 109 Å². The van der Waals surface area contributed by atoms with Crippen molar-refractivity contribution in [3.05, 3.63) is 28.8 Å². The van der Waals surface area contributed by atoms with E-state index in [1.807, 2.05) is 26.0 Å². The molecule has 0 radical (unpaired) electrons. The maximum Gasteiger partial charge on any atom is 0.279 e. The average molecular weight is 272 g/mol. The van der Waals surface area contributed by atoms with E-state index in [1.54, 1.807) is 7.11 Å². The van der Waals surface area contributed by atoms with Crippen LogP contribution in [0.25, 0.3) is 0 Å². The lowest BCUT2D eigenvalue weighted by atomic mass is 10.1. The number of aryl methyl sites for hydroxylation is 2. The van der Waals surface area contributed by atoms with Crippen LogP contribution < -0.4 is 9.46 Å². The number of methoxy groups -OCH3 is 1. The molecule has 0 amide bonds. The zero-order chi connectivity index (χ0) is 13.9. The summed E-state index contributed by atoms with van der Waals surface area (Å²) < 4.78 is 32.2. The van der Waals surface area contributed by atoms with Crippen LogP contribution in [0.3, 0.4) is 0 Å². The lowest BCUT2D eigenvalue weighted by molar-refractivity contribution is 0.408. The number of benzene rings is 1. The van der Waals surface area contributed by atoms with Gasteiger partial charge in [-0.3, -0.25) is 0 Å². The maximum absolute atomic E-state index is 11.6. The smallest absolute Gasteiger partial charge is 0.279 e. The van der Waals surface area contributed by atoms with Crippen molar-refractivity contribution in [2.45, 2.75) is 20.4 Å². The minimum atomic E-state index is -3.42. The van der Waals surface area contributed by atoms with Crippen molar-refractivity contribution in [2.24, 2.45) is 0 Å². The van der Waals surface area contributed by atoms with E-state index >= 15 is 0 Å². The SMILES string of the molecule is COc1cc(C)c(C)cc1CNS(=O)(=O)N(C)C. The normalized spacial score (nSPS) is 11.9. The minimum absolute atomic E-state index is 0.213. The third-order valence-corrected chi connectivity index (χ3v) is 4.29. The fraction of sp³-hybridized carbons (Fsp3) is 0.500. The molecule has 0 saturated carbocycles.